The summed E-state index contributed by atoms with van der Waals surface area (Å²) < 4.78 is 0. The molecule has 0 amide bonds. The van der Waals surface area contributed by atoms with E-state index in [2.05, 4.69) is 34.8 Å². The average molecular weight is 159 g/mol. The average Bonchev–Trinajstić information content (AvgIpc) is 2.34. The summed E-state index contributed by atoms with van der Waals surface area (Å²) in [6.07, 6.45) is 0. The molecule has 1 aromatic rings. The highest BCUT2D eigenvalue weighted by Gasteiger charge is 1.86. The molecule has 0 atom stereocenters. The van der Waals surface area contributed by atoms with Gasteiger partial charge in [0.25, 0.3) is 0 Å². The van der Waals surface area contributed by atoms with Gasteiger partial charge in [0.2, 0.25) is 0 Å². The van der Waals surface area contributed by atoms with E-state index in [1.54, 1.807) is 11.3 Å². The largest absolute Gasteiger partial charge is 0.384 e. The topological polar surface area (TPSA) is 12.0 Å². The fourth-order valence-corrected chi connectivity index (χ4v) is 1.29. The predicted octanol–water partition coefficient (Wildman–Crippen LogP) is 2.09. The number of nitrogens with one attached hydrogen (secondary N) is 1. The molecule has 0 saturated heterocycles. The Balaban J connectivity index is 2.30. The maximum absolute atomic E-state index is 4.07. The summed E-state index contributed by atoms with van der Waals surface area (Å²) in [6.45, 7) is 0.944. The van der Waals surface area contributed by atoms with Crippen LogP contribution in [0.4, 0.5) is 5.69 Å². The van der Waals surface area contributed by atoms with Crippen molar-refractivity contribution in [2.24, 2.45) is 0 Å². The summed E-state index contributed by atoms with van der Waals surface area (Å²) in [7, 11) is 0. The molecule has 1 rings (SSSR count). The lowest BCUT2D eigenvalue weighted by Gasteiger charge is -1.97. The van der Waals surface area contributed by atoms with Gasteiger partial charge in [0.1, 0.15) is 0 Å². The van der Waals surface area contributed by atoms with Crippen LogP contribution in [0.2, 0.25) is 0 Å². The second-order valence-electron chi connectivity index (χ2n) is 1.66. The first kappa shape index (κ1) is 6.96. The molecule has 0 spiro atoms. The van der Waals surface area contributed by atoms with Crippen LogP contribution in [0.25, 0.3) is 0 Å². The maximum Gasteiger partial charge on any atom is 0.0449 e. The Bertz CT molecular complexity index is 148. The molecule has 0 radical (unpaired) electrons. The van der Waals surface area contributed by atoms with Gasteiger partial charge in [0, 0.05) is 23.4 Å². The molecule has 0 unspecified atom stereocenters. The smallest absolute Gasteiger partial charge is 0.0449 e. The van der Waals surface area contributed by atoms with Crippen molar-refractivity contribution < 1.29 is 0 Å². The SMILES string of the molecule is SCCNc1ccsc1. The van der Waals surface area contributed by atoms with Crippen molar-refractivity contribution in [1.82, 2.24) is 0 Å². The van der Waals surface area contributed by atoms with Gasteiger partial charge in [-0.3, -0.25) is 0 Å². The quantitative estimate of drug-likeness (QED) is 0.644. The lowest BCUT2D eigenvalue weighted by molar-refractivity contribution is 1.24. The second-order valence-corrected chi connectivity index (χ2v) is 2.89. The van der Waals surface area contributed by atoms with Crippen LogP contribution in [-0.4, -0.2) is 12.3 Å². The fraction of sp³-hybridized carbons (Fsp3) is 0.333. The molecule has 3 heteroatoms. The summed E-state index contributed by atoms with van der Waals surface area (Å²) in [4.78, 5) is 0. The van der Waals surface area contributed by atoms with Gasteiger partial charge < -0.3 is 5.32 Å². The van der Waals surface area contributed by atoms with Crippen LogP contribution in [0.5, 0.6) is 0 Å². The molecule has 1 N–H and O–H groups in total. The van der Waals surface area contributed by atoms with Gasteiger partial charge in [-0.25, -0.2) is 0 Å². The van der Waals surface area contributed by atoms with Crippen molar-refractivity contribution in [3.8, 4) is 0 Å². The molecule has 1 heterocycles. The van der Waals surface area contributed by atoms with Gasteiger partial charge >= 0.3 is 0 Å². The van der Waals surface area contributed by atoms with Gasteiger partial charge in [0.05, 0.1) is 0 Å². The molecule has 50 valence electrons. The third-order valence-corrected chi connectivity index (χ3v) is 1.87. The molecule has 1 nitrogen and oxygen atoms in total. The van der Waals surface area contributed by atoms with Gasteiger partial charge in [0.15, 0.2) is 0 Å². The lowest BCUT2D eigenvalue weighted by atomic mass is 10.5. The standard InChI is InChI=1S/C6H9NS2/c8-3-2-7-6-1-4-9-5-6/h1,4-5,7-8H,2-3H2. The summed E-state index contributed by atoms with van der Waals surface area (Å²) >= 11 is 5.78. The molecule has 0 aliphatic rings. The highest BCUT2D eigenvalue weighted by Crippen LogP contribution is 2.10. The first-order valence-corrected chi connectivity index (χ1v) is 4.38. The molecule has 0 saturated carbocycles. The van der Waals surface area contributed by atoms with E-state index in [4.69, 9.17) is 0 Å². The van der Waals surface area contributed by atoms with Crippen LogP contribution in [0.1, 0.15) is 0 Å². The van der Waals surface area contributed by atoms with E-state index >= 15 is 0 Å². The van der Waals surface area contributed by atoms with E-state index in [1.165, 1.54) is 5.69 Å². The molecule has 0 aliphatic carbocycles. The number of rotatable bonds is 3. The zero-order valence-electron chi connectivity index (χ0n) is 5.00. The minimum atomic E-state index is 0.885. The van der Waals surface area contributed by atoms with Crippen molar-refractivity contribution in [3.05, 3.63) is 16.8 Å². The van der Waals surface area contributed by atoms with Crippen molar-refractivity contribution in [1.29, 1.82) is 0 Å². The Hall–Kier alpha value is -0.150. The molecule has 0 aromatic carbocycles. The molecular weight excluding hydrogens is 150 g/mol. The minimum absolute atomic E-state index is 0.885. The normalized spacial score (nSPS) is 9.44. The van der Waals surface area contributed by atoms with E-state index in [0.29, 0.717) is 0 Å². The number of hydrogen-bond donors (Lipinski definition) is 2. The number of thiophene rings is 1. The highest BCUT2D eigenvalue weighted by atomic mass is 32.1. The predicted molar refractivity (Wildman–Crippen MR) is 46.7 cm³/mol. The van der Waals surface area contributed by atoms with Crippen LogP contribution in [-0.2, 0) is 0 Å². The van der Waals surface area contributed by atoms with Crippen LogP contribution in [0, 0.1) is 0 Å². The zero-order chi connectivity index (χ0) is 6.53. The Morgan fingerprint density at radius 1 is 1.67 bits per heavy atom. The monoisotopic (exact) mass is 159 g/mol. The summed E-state index contributed by atoms with van der Waals surface area (Å²) in [5.41, 5.74) is 1.20. The van der Waals surface area contributed by atoms with Crippen molar-refractivity contribution in [2.45, 2.75) is 0 Å². The van der Waals surface area contributed by atoms with Crippen LogP contribution >= 0.6 is 24.0 Å². The molecule has 1 aromatic heterocycles. The third kappa shape index (κ3) is 2.28. The number of hydrogen-bond acceptors (Lipinski definition) is 3. The van der Waals surface area contributed by atoms with Gasteiger partial charge in [-0.2, -0.15) is 24.0 Å². The molecule has 0 bridgehead atoms. The van der Waals surface area contributed by atoms with Crippen LogP contribution in [0.3, 0.4) is 0 Å². The Morgan fingerprint density at radius 3 is 3.11 bits per heavy atom. The molecule has 9 heavy (non-hydrogen) atoms. The van der Waals surface area contributed by atoms with E-state index in [-0.39, 0.29) is 0 Å². The van der Waals surface area contributed by atoms with Crippen molar-refractivity contribution in [2.75, 3.05) is 17.6 Å². The van der Waals surface area contributed by atoms with E-state index in [9.17, 15) is 0 Å². The summed E-state index contributed by atoms with van der Waals surface area (Å²) in [5.74, 6) is 0.885. The number of anilines is 1. The van der Waals surface area contributed by atoms with Gasteiger partial charge in [-0.05, 0) is 11.4 Å². The van der Waals surface area contributed by atoms with Gasteiger partial charge in [-0.1, -0.05) is 0 Å². The Labute approximate surface area is 64.5 Å². The zero-order valence-corrected chi connectivity index (χ0v) is 6.71. The Morgan fingerprint density at radius 2 is 2.56 bits per heavy atom. The number of thiol groups is 1. The first-order chi connectivity index (χ1) is 4.43. The summed E-state index contributed by atoms with van der Waals surface area (Å²) in [5, 5.41) is 7.35. The van der Waals surface area contributed by atoms with Crippen LogP contribution < -0.4 is 5.32 Å². The third-order valence-electron chi connectivity index (χ3n) is 0.962. The van der Waals surface area contributed by atoms with E-state index in [1.807, 2.05) is 0 Å². The van der Waals surface area contributed by atoms with E-state index in [0.717, 1.165) is 12.3 Å². The fourth-order valence-electron chi connectivity index (χ4n) is 0.565. The van der Waals surface area contributed by atoms with E-state index < -0.39 is 0 Å². The van der Waals surface area contributed by atoms with Crippen molar-refractivity contribution in [3.63, 3.8) is 0 Å². The van der Waals surface area contributed by atoms with Gasteiger partial charge in [-0.15, -0.1) is 0 Å². The summed E-state index contributed by atoms with van der Waals surface area (Å²) in [6, 6.07) is 2.06. The maximum atomic E-state index is 4.07. The Kier molecular flexibility index (Phi) is 2.94. The minimum Gasteiger partial charge on any atom is -0.384 e. The molecular formula is C6H9NS2. The second kappa shape index (κ2) is 3.80. The molecule has 0 fully saturated rings. The molecule has 0 aliphatic heterocycles. The lowest BCUT2D eigenvalue weighted by Crippen LogP contribution is -2.00. The van der Waals surface area contributed by atoms with Crippen LogP contribution in [0.15, 0.2) is 16.8 Å². The van der Waals surface area contributed by atoms with Crippen molar-refractivity contribution >= 4 is 29.7 Å². The highest BCUT2D eigenvalue weighted by molar-refractivity contribution is 7.80. The first-order valence-electron chi connectivity index (χ1n) is 2.80.